The van der Waals surface area contributed by atoms with Crippen molar-refractivity contribution < 1.29 is 26.3 Å². The second kappa shape index (κ2) is 9.81. The molecule has 31 heavy (non-hydrogen) atoms. The Morgan fingerprint density at radius 3 is 1.81 bits per heavy atom. The number of hydrogen-bond acceptors (Lipinski definition) is 4. The smallest absolute Gasteiger partial charge is 0.309 e. The Hall–Kier alpha value is -1.75. The standard InChI is InChI=1S/C21H23F6N3S/c1-29-6-8-30(9-7-29)31-19-4-2-15(3-5-19)13-28-14-16-10-17(20(22,23)24)12-18(11-16)21(25,26)27/h2-5,10-12,28H,6-9,13-14H2,1H3. The summed E-state index contributed by atoms with van der Waals surface area (Å²) < 4.78 is 80.0. The number of alkyl halides is 6. The van der Waals surface area contributed by atoms with E-state index in [0.717, 1.165) is 48.8 Å². The van der Waals surface area contributed by atoms with Gasteiger partial charge in [-0.2, -0.15) is 26.3 Å². The largest absolute Gasteiger partial charge is 0.416 e. The second-order valence-electron chi connectivity index (χ2n) is 7.49. The minimum atomic E-state index is -4.84. The maximum Gasteiger partial charge on any atom is 0.416 e. The molecular formula is C21H23F6N3S. The zero-order valence-corrected chi connectivity index (χ0v) is 17.7. The molecule has 1 saturated heterocycles. The van der Waals surface area contributed by atoms with Crippen molar-refractivity contribution in [2.24, 2.45) is 0 Å². The lowest BCUT2D eigenvalue weighted by Crippen LogP contribution is -2.40. The van der Waals surface area contributed by atoms with Crippen LogP contribution >= 0.6 is 11.9 Å². The van der Waals surface area contributed by atoms with Crippen LogP contribution in [-0.4, -0.2) is 42.4 Å². The van der Waals surface area contributed by atoms with Crippen LogP contribution in [0.25, 0.3) is 0 Å². The molecule has 0 radical (unpaired) electrons. The van der Waals surface area contributed by atoms with E-state index in [1.165, 1.54) is 0 Å². The summed E-state index contributed by atoms with van der Waals surface area (Å²) in [6.45, 7) is 4.20. The lowest BCUT2D eigenvalue weighted by atomic mass is 10.0. The van der Waals surface area contributed by atoms with Gasteiger partial charge in [0, 0.05) is 44.2 Å². The molecule has 1 aliphatic heterocycles. The summed E-state index contributed by atoms with van der Waals surface area (Å²) >= 11 is 1.68. The third-order valence-electron chi connectivity index (χ3n) is 4.93. The molecule has 1 N–H and O–H groups in total. The van der Waals surface area contributed by atoms with Gasteiger partial charge in [0.1, 0.15) is 0 Å². The van der Waals surface area contributed by atoms with Crippen LogP contribution in [0.15, 0.2) is 47.4 Å². The highest BCUT2D eigenvalue weighted by Crippen LogP contribution is 2.36. The summed E-state index contributed by atoms with van der Waals surface area (Å²) in [6, 6.07) is 9.37. The molecule has 0 spiro atoms. The first kappa shape index (κ1) is 23.9. The molecule has 10 heteroatoms. The van der Waals surface area contributed by atoms with Gasteiger partial charge in [-0.3, -0.25) is 0 Å². The van der Waals surface area contributed by atoms with Gasteiger partial charge in [-0.25, -0.2) is 4.31 Å². The van der Waals surface area contributed by atoms with Gasteiger partial charge in [0.25, 0.3) is 0 Å². The van der Waals surface area contributed by atoms with Crippen LogP contribution in [0.3, 0.4) is 0 Å². The van der Waals surface area contributed by atoms with Crippen molar-refractivity contribution >= 4 is 11.9 Å². The van der Waals surface area contributed by atoms with E-state index in [0.29, 0.717) is 6.54 Å². The van der Waals surface area contributed by atoms with Crippen molar-refractivity contribution in [3.63, 3.8) is 0 Å². The van der Waals surface area contributed by atoms with Gasteiger partial charge >= 0.3 is 12.4 Å². The first-order chi connectivity index (χ1) is 14.5. The third-order valence-corrected chi connectivity index (χ3v) is 6.03. The third kappa shape index (κ3) is 7.13. The van der Waals surface area contributed by atoms with Crippen molar-refractivity contribution in [3.05, 3.63) is 64.7 Å². The van der Waals surface area contributed by atoms with Crippen molar-refractivity contribution in [3.8, 4) is 0 Å². The molecule has 2 aromatic carbocycles. The van der Waals surface area contributed by atoms with Gasteiger partial charge < -0.3 is 10.2 Å². The fourth-order valence-corrected chi connectivity index (χ4v) is 4.07. The summed E-state index contributed by atoms with van der Waals surface area (Å²) in [5, 5.41) is 2.92. The van der Waals surface area contributed by atoms with Crippen LogP contribution < -0.4 is 5.32 Å². The van der Waals surface area contributed by atoms with Crippen LogP contribution in [0, 0.1) is 0 Å². The number of piperazine rings is 1. The number of likely N-dealkylation sites (N-methyl/N-ethyl adjacent to an activating group) is 1. The van der Waals surface area contributed by atoms with Gasteiger partial charge in [-0.1, -0.05) is 12.1 Å². The molecule has 1 heterocycles. The van der Waals surface area contributed by atoms with Gasteiger partial charge in [-0.15, -0.1) is 0 Å². The van der Waals surface area contributed by atoms with Gasteiger partial charge in [-0.05, 0) is 60.5 Å². The van der Waals surface area contributed by atoms with Crippen molar-refractivity contribution in [2.75, 3.05) is 33.2 Å². The predicted molar refractivity (Wildman–Crippen MR) is 108 cm³/mol. The highest BCUT2D eigenvalue weighted by Gasteiger charge is 2.36. The Kier molecular flexibility index (Phi) is 7.56. The van der Waals surface area contributed by atoms with Crippen molar-refractivity contribution in [1.29, 1.82) is 0 Å². The molecule has 0 unspecified atom stereocenters. The normalized spacial score (nSPS) is 16.6. The van der Waals surface area contributed by atoms with E-state index in [1.54, 1.807) is 11.9 Å². The number of nitrogens with one attached hydrogen (secondary N) is 1. The maximum atomic E-state index is 13.0. The Bertz CT molecular complexity index is 827. The van der Waals surface area contributed by atoms with Crippen molar-refractivity contribution in [1.82, 2.24) is 14.5 Å². The molecule has 1 aliphatic rings. The molecular weight excluding hydrogens is 440 g/mol. The topological polar surface area (TPSA) is 18.5 Å². The molecule has 1 fully saturated rings. The molecule has 0 bridgehead atoms. The number of halogens is 6. The van der Waals surface area contributed by atoms with E-state index in [9.17, 15) is 26.3 Å². The summed E-state index contributed by atoms with van der Waals surface area (Å²) in [6.07, 6.45) is -9.68. The Morgan fingerprint density at radius 1 is 0.774 bits per heavy atom. The van der Waals surface area contributed by atoms with Crippen LogP contribution in [0.4, 0.5) is 26.3 Å². The lowest BCUT2D eigenvalue weighted by Gasteiger charge is -2.31. The van der Waals surface area contributed by atoms with Crippen LogP contribution in [0.5, 0.6) is 0 Å². The molecule has 0 aromatic heterocycles. The molecule has 0 amide bonds. The molecule has 170 valence electrons. The van der Waals surface area contributed by atoms with Gasteiger partial charge in [0.05, 0.1) is 11.1 Å². The van der Waals surface area contributed by atoms with Gasteiger partial charge in [0.15, 0.2) is 0 Å². The minimum Gasteiger partial charge on any atom is -0.309 e. The number of rotatable bonds is 6. The minimum absolute atomic E-state index is 0.0654. The van der Waals surface area contributed by atoms with Crippen molar-refractivity contribution in [2.45, 2.75) is 30.3 Å². The van der Waals surface area contributed by atoms with E-state index in [-0.39, 0.29) is 18.2 Å². The zero-order chi connectivity index (χ0) is 22.6. The van der Waals surface area contributed by atoms with Crippen LogP contribution in [0.2, 0.25) is 0 Å². The quantitative estimate of drug-likeness (QED) is 0.465. The number of nitrogens with zero attached hydrogens (tertiary/aromatic N) is 2. The fourth-order valence-electron chi connectivity index (χ4n) is 3.17. The fraction of sp³-hybridized carbons (Fsp3) is 0.429. The zero-order valence-electron chi connectivity index (χ0n) is 16.9. The second-order valence-corrected chi connectivity index (χ2v) is 8.66. The molecule has 0 atom stereocenters. The highest BCUT2D eigenvalue weighted by atomic mass is 32.2. The number of benzene rings is 2. The van der Waals surface area contributed by atoms with Crippen LogP contribution in [-0.2, 0) is 25.4 Å². The molecule has 2 aromatic rings. The van der Waals surface area contributed by atoms with Gasteiger partial charge in [0.2, 0.25) is 0 Å². The average molecular weight is 463 g/mol. The monoisotopic (exact) mass is 463 g/mol. The SMILES string of the molecule is CN1CCN(Sc2ccc(CNCc3cc(C(F)(F)F)cc(C(F)(F)F)c3)cc2)CC1. The molecule has 0 saturated carbocycles. The van der Waals surface area contributed by atoms with E-state index in [2.05, 4.69) is 21.6 Å². The Labute approximate surface area is 181 Å². The molecule has 0 aliphatic carbocycles. The van der Waals surface area contributed by atoms with E-state index in [4.69, 9.17) is 0 Å². The number of hydrogen-bond donors (Lipinski definition) is 1. The molecule has 3 rings (SSSR count). The van der Waals surface area contributed by atoms with Crippen LogP contribution in [0.1, 0.15) is 22.3 Å². The van der Waals surface area contributed by atoms with E-state index in [1.807, 2.05) is 24.3 Å². The molecule has 3 nitrogen and oxygen atoms in total. The first-order valence-electron chi connectivity index (χ1n) is 9.70. The lowest BCUT2D eigenvalue weighted by molar-refractivity contribution is -0.143. The summed E-state index contributed by atoms with van der Waals surface area (Å²) in [4.78, 5) is 3.36. The first-order valence-corrected chi connectivity index (χ1v) is 10.5. The van der Waals surface area contributed by atoms with E-state index >= 15 is 0 Å². The maximum absolute atomic E-state index is 13.0. The highest BCUT2D eigenvalue weighted by molar-refractivity contribution is 7.97. The summed E-state index contributed by atoms with van der Waals surface area (Å²) in [7, 11) is 2.09. The van der Waals surface area contributed by atoms with E-state index < -0.39 is 23.5 Å². The Morgan fingerprint density at radius 2 is 1.29 bits per heavy atom. The summed E-state index contributed by atoms with van der Waals surface area (Å²) in [5.74, 6) is 0. The average Bonchev–Trinajstić information content (AvgIpc) is 2.69. The summed E-state index contributed by atoms with van der Waals surface area (Å²) in [5.41, 5.74) is -1.77. The Balaban J connectivity index is 1.57. The predicted octanol–water partition coefficient (Wildman–Crippen LogP) is 5.27.